The molecule has 0 aromatic heterocycles. The summed E-state index contributed by atoms with van der Waals surface area (Å²) in [5.74, 6) is 0. The summed E-state index contributed by atoms with van der Waals surface area (Å²) in [5.41, 5.74) is 0. The molecular weight excluding hydrogens is 296 g/mol. The molecule has 8 heteroatoms. The third-order valence-electron chi connectivity index (χ3n) is 0.247. The molecule has 0 fully saturated rings. The Kier molecular flexibility index (Phi) is 20.6. The van der Waals surface area contributed by atoms with Gasteiger partial charge in [-0.2, -0.15) is 0 Å². The van der Waals surface area contributed by atoms with Crippen molar-refractivity contribution in [3.63, 3.8) is 0 Å². The van der Waals surface area contributed by atoms with Crippen LogP contribution >= 0.6 is 57.0 Å². The molecule has 0 atom stereocenters. The fourth-order valence-electron chi connectivity index (χ4n) is 0. The van der Waals surface area contributed by atoms with Gasteiger partial charge in [0.15, 0.2) is 0 Å². The minimum atomic E-state index is -2.12. The second-order valence-corrected chi connectivity index (χ2v) is 9.07. The Labute approximate surface area is 165 Å². The van der Waals surface area contributed by atoms with Crippen molar-refractivity contribution in [1.82, 2.24) is 0 Å². The standard InChI is InChI=1S/CHCl5Si.2K.2H/c2-1(3,4)7(5)6;;;;/h7H;;;;. The number of halogens is 5. The van der Waals surface area contributed by atoms with Gasteiger partial charge < -0.3 is 0 Å². The number of hydrogen-bond donors (Lipinski definition) is 0. The Morgan fingerprint density at radius 1 is 0.889 bits per heavy atom. The average Bonchev–Trinajstić information content (AvgIpc) is 1.31. The molecule has 48 valence electrons. The molecule has 0 N–H and O–H groups in total. The van der Waals surface area contributed by atoms with Crippen molar-refractivity contribution in [2.24, 2.45) is 0 Å². The van der Waals surface area contributed by atoms with E-state index in [2.05, 4.69) is 0 Å². The summed E-state index contributed by atoms with van der Waals surface area (Å²) in [6.45, 7) is 0. The fraction of sp³-hybridized carbons (Fsp3) is 1.00. The van der Waals surface area contributed by atoms with Gasteiger partial charge in [0.05, 0.1) is 0 Å². The molecule has 0 bridgehead atoms. The predicted octanol–water partition coefficient (Wildman–Crippen LogP) is 1.30. The van der Waals surface area contributed by atoms with E-state index in [0.29, 0.717) is 0 Å². The first kappa shape index (κ1) is 19.5. The van der Waals surface area contributed by atoms with Crippen LogP contribution in [0.1, 0.15) is 0 Å². The van der Waals surface area contributed by atoms with E-state index in [0.717, 1.165) is 0 Å². The number of alkyl halides is 3. The van der Waals surface area contributed by atoms with Crippen molar-refractivity contribution in [2.45, 2.75) is 3.42 Å². The van der Waals surface area contributed by atoms with Gasteiger partial charge in [0.2, 0.25) is 3.42 Å². The summed E-state index contributed by atoms with van der Waals surface area (Å²) in [6.07, 6.45) is 0. The van der Waals surface area contributed by atoms with E-state index in [9.17, 15) is 0 Å². The third-order valence-corrected chi connectivity index (χ3v) is 6.68. The summed E-state index contributed by atoms with van der Waals surface area (Å²) in [5, 5.41) is 0. The third kappa shape index (κ3) is 12.9. The van der Waals surface area contributed by atoms with E-state index in [1.165, 1.54) is 0 Å². The van der Waals surface area contributed by atoms with E-state index in [1.54, 1.807) is 0 Å². The van der Waals surface area contributed by atoms with Gasteiger partial charge in [0.25, 0.3) is 7.42 Å². The first-order valence-electron chi connectivity index (χ1n) is 1.29. The topological polar surface area (TPSA) is 0 Å². The summed E-state index contributed by atoms with van der Waals surface area (Å²) in [4.78, 5) is 0. The molecule has 0 spiro atoms. The zero-order valence-corrected chi connectivity index (χ0v) is 7.90. The van der Waals surface area contributed by atoms with Gasteiger partial charge in [-0.3, -0.25) is 0 Å². The van der Waals surface area contributed by atoms with E-state index < -0.39 is 10.8 Å². The van der Waals surface area contributed by atoms with Crippen molar-refractivity contribution >= 4 is 167 Å². The molecule has 0 aromatic rings. The Morgan fingerprint density at radius 2 is 1.00 bits per heavy atom. The molecule has 9 heavy (non-hydrogen) atoms. The van der Waals surface area contributed by atoms with Gasteiger partial charge >= 0.3 is 103 Å². The summed E-state index contributed by atoms with van der Waals surface area (Å²) >= 11 is 26.1. The maximum atomic E-state index is 5.26. The molecule has 0 heterocycles. The van der Waals surface area contributed by atoms with Crippen LogP contribution in [0.25, 0.3) is 0 Å². The van der Waals surface area contributed by atoms with Crippen LogP contribution in [0.15, 0.2) is 0 Å². The Balaban J connectivity index is -0.000000180. The Morgan fingerprint density at radius 3 is 1.00 bits per heavy atom. The first-order valence-corrected chi connectivity index (χ1v) is 6.49. The molecule has 0 radical (unpaired) electrons. The van der Waals surface area contributed by atoms with E-state index in [1.807, 2.05) is 0 Å². The summed E-state index contributed by atoms with van der Waals surface area (Å²) in [7, 11) is -2.12. The van der Waals surface area contributed by atoms with Crippen molar-refractivity contribution in [1.29, 1.82) is 0 Å². The van der Waals surface area contributed by atoms with E-state index in [4.69, 9.17) is 57.0 Å². The fourth-order valence-corrected chi connectivity index (χ4v) is 0. The van der Waals surface area contributed by atoms with Crippen molar-refractivity contribution in [2.75, 3.05) is 0 Å². The van der Waals surface area contributed by atoms with Crippen molar-refractivity contribution < 1.29 is 0 Å². The van der Waals surface area contributed by atoms with Gasteiger partial charge in [0, 0.05) is 0 Å². The van der Waals surface area contributed by atoms with Crippen molar-refractivity contribution in [3.05, 3.63) is 0 Å². The molecule has 0 saturated heterocycles. The average molecular weight is 299 g/mol. The monoisotopic (exact) mass is 296 g/mol. The minimum absolute atomic E-state index is 0. The molecule has 0 aliphatic rings. The molecule has 0 amide bonds. The summed E-state index contributed by atoms with van der Waals surface area (Å²) in [6, 6.07) is 0. The molecule has 0 aromatic carbocycles. The Hall–Kier alpha value is 4.94. The van der Waals surface area contributed by atoms with Crippen LogP contribution in [-0.4, -0.2) is 114 Å². The van der Waals surface area contributed by atoms with Crippen LogP contribution in [0.5, 0.6) is 0 Å². The number of rotatable bonds is 0. The SMILES string of the molecule is Cl[SiH](Cl)C(Cl)(Cl)Cl.[KH].[KH]. The molecule has 0 rings (SSSR count). The van der Waals surface area contributed by atoms with Crippen LogP contribution in [0.3, 0.4) is 0 Å². The zero-order chi connectivity index (χ0) is 6.08. The first-order chi connectivity index (χ1) is 2.94. The van der Waals surface area contributed by atoms with Crippen LogP contribution in [0.2, 0.25) is 0 Å². The second kappa shape index (κ2) is 9.49. The quantitative estimate of drug-likeness (QED) is 0.359. The van der Waals surface area contributed by atoms with Gasteiger partial charge in [-0.1, -0.05) is 34.8 Å². The molecule has 0 aliphatic heterocycles. The van der Waals surface area contributed by atoms with Gasteiger partial charge in [-0.15, -0.1) is 22.2 Å². The predicted molar refractivity (Wildman–Crippen MR) is 53.4 cm³/mol. The molecule has 0 aliphatic carbocycles. The second-order valence-electron chi connectivity index (χ2n) is 0.842. The molecule has 0 saturated carbocycles. The van der Waals surface area contributed by atoms with Crippen LogP contribution in [-0.2, 0) is 0 Å². The molecule has 0 nitrogen and oxygen atoms in total. The van der Waals surface area contributed by atoms with Gasteiger partial charge in [0.1, 0.15) is 0 Å². The Bertz CT molecular complexity index is 60.5. The maximum absolute atomic E-state index is 5.26. The van der Waals surface area contributed by atoms with E-state index >= 15 is 0 Å². The number of hydrogen-bond acceptors (Lipinski definition) is 0. The van der Waals surface area contributed by atoms with Crippen LogP contribution in [0.4, 0.5) is 0 Å². The normalized spacial score (nSPS) is 10.0. The van der Waals surface area contributed by atoms with Gasteiger partial charge in [-0.05, 0) is 0 Å². The van der Waals surface area contributed by atoms with Crippen LogP contribution in [0, 0.1) is 0 Å². The summed E-state index contributed by atoms with van der Waals surface area (Å²) < 4.78 is -1.41. The molecular formula is CH3Cl5K2Si. The van der Waals surface area contributed by atoms with E-state index in [-0.39, 0.29) is 103 Å². The molecule has 0 unspecified atom stereocenters. The van der Waals surface area contributed by atoms with Gasteiger partial charge in [-0.25, -0.2) is 0 Å². The zero-order valence-electron chi connectivity index (χ0n) is 2.97. The van der Waals surface area contributed by atoms with Crippen molar-refractivity contribution in [3.8, 4) is 0 Å². The van der Waals surface area contributed by atoms with Crippen LogP contribution < -0.4 is 0 Å².